The summed E-state index contributed by atoms with van der Waals surface area (Å²) in [5.41, 5.74) is 5.97. The number of nitrogens with one attached hydrogen (secondary N) is 1. The minimum atomic E-state index is 0.0299. The van der Waals surface area contributed by atoms with Gasteiger partial charge in [0.2, 0.25) is 0 Å². The second kappa shape index (κ2) is 13.3. The molecule has 0 saturated heterocycles. The maximum absolute atomic E-state index is 14.0. The summed E-state index contributed by atoms with van der Waals surface area (Å²) < 4.78 is 0. The topological polar surface area (TPSA) is 32.3 Å². The number of hydrogen-bond acceptors (Lipinski definition) is 1. The minimum absolute atomic E-state index is 0.0299. The van der Waals surface area contributed by atoms with Crippen molar-refractivity contribution in [1.82, 2.24) is 4.90 Å². The molecule has 38 heavy (non-hydrogen) atoms. The van der Waals surface area contributed by atoms with Crippen LogP contribution in [0.1, 0.15) is 99.8 Å². The maximum Gasteiger partial charge on any atom is 0.322 e. The Hall–Kier alpha value is -2.78. The third-order valence-electron chi connectivity index (χ3n) is 8.08. The molecule has 1 N–H and O–H groups in total. The van der Waals surface area contributed by atoms with Gasteiger partial charge in [0.15, 0.2) is 0 Å². The maximum atomic E-state index is 14.0. The summed E-state index contributed by atoms with van der Waals surface area (Å²) in [4.78, 5) is 16.1. The van der Waals surface area contributed by atoms with Crippen LogP contribution >= 0.6 is 11.6 Å². The van der Waals surface area contributed by atoms with Crippen molar-refractivity contribution in [1.29, 1.82) is 0 Å². The van der Waals surface area contributed by atoms with Gasteiger partial charge in [-0.15, -0.1) is 0 Å². The lowest BCUT2D eigenvalue weighted by Crippen LogP contribution is -2.45. The molecule has 3 aromatic carbocycles. The lowest BCUT2D eigenvalue weighted by molar-refractivity contribution is 0.161. The Morgan fingerprint density at radius 1 is 0.842 bits per heavy atom. The smallest absolute Gasteiger partial charge is 0.322 e. The molecule has 0 aromatic heterocycles. The highest BCUT2D eigenvalue weighted by Crippen LogP contribution is 2.36. The highest BCUT2D eigenvalue weighted by molar-refractivity contribution is 6.31. The van der Waals surface area contributed by atoms with Crippen molar-refractivity contribution in [3.8, 4) is 0 Å². The zero-order valence-electron chi connectivity index (χ0n) is 23.4. The van der Waals surface area contributed by atoms with E-state index in [0.29, 0.717) is 17.8 Å². The summed E-state index contributed by atoms with van der Waals surface area (Å²) in [5, 5.41) is 4.21. The fourth-order valence-corrected chi connectivity index (χ4v) is 6.14. The van der Waals surface area contributed by atoms with E-state index in [0.717, 1.165) is 61.3 Å². The predicted octanol–water partition coefficient (Wildman–Crippen LogP) is 9.78. The van der Waals surface area contributed by atoms with Crippen molar-refractivity contribution in [2.75, 3.05) is 11.9 Å². The molecule has 2 amide bonds. The summed E-state index contributed by atoms with van der Waals surface area (Å²) in [7, 11) is 0. The SMILES string of the molecule is CC(C)c1cccc(C(C)C)c1NC(=O)N(CCCc1ccccc1Cl)[C@H]1CC[C@H](c2ccccc2)CC1. The Balaban J connectivity index is 1.53. The zero-order valence-corrected chi connectivity index (χ0v) is 24.2. The number of para-hydroxylation sites is 1. The zero-order chi connectivity index (χ0) is 27.1. The molecule has 202 valence electrons. The first-order valence-corrected chi connectivity index (χ1v) is 14.7. The Bertz CT molecular complexity index is 1160. The number of aryl methyl sites for hydroxylation is 1. The average molecular weight is 531 g/mol. The second-order valence-electron chi connectivity index (χ2n) is 11.4. The number of nitrogens with zero attached hydrogens (tertiary/aromatic N) is 1. The standard InChI is InChI=1S/C34H43ClN2O/c1-24(2)30-16-10-17-31(25(3)4)33(30)36-34(38)37(23-11-15-28-14-8-9-18-32(28)35)29-21-19-27(20-22-29)26-12-6-5-7-13-26/h5-10,12-14,16-18,24-25,27,29H,11,15,19-23H2,1-4H3,(H,36,38)/t27-,29-. The van der Waals surface area contributed by atoms with Gasteiger partial charge in [-0.05, 0) is 84.6 Å². The van der Waals surface area contributed by atoms with Crippen LogP contribution in [0.15, 0.2) is 72.8 Å². The van der Waals surface area contributed by atoms with Gasteiger partial charge in [0.25, 0.3) is 0 Å². The largest absolute Gasteiger partial charge is 0.322 e. The van der Waals surface area contributed by atoms with Gasteiger partial charge in [-0.1, -0.05) is 106 Å². The molecule has 4 rings (SSSR count). The number of carbonyl (C=O) groups excluding carboxylic acids is 1. The fourth-order valence-electron chi connectivity index (χ4n) is 5.91. The van der Waals surface area contributed by atoms with E-state index >= 15 is 0 Å². The Kier molecular flexibility index (Phi) is 9.91. The van der Waals surface area contributed by atoms with E-state index in [1.165, 1.54) is 16.7 Å². The molecule has 0 spiro atoms. The van der Waals surface area contributed by atoms with Gasteiger partial charge < -0.3 is 10.2 Å². The van der Waals surface area contributed by atoms with Gasteiger partial charge in [0.05, 0.1) is 0 Å². The van der Waals surface area contributed by atoms with Crippen LogP contribution < -0.4 is 5.32 Å². The molecule has 0 atom stereocenters. The van der Waals surface area contributed by atoms with Gasteiger partial charge in [0, 0.05) is 23.3 Å². The van der Waals surface area contributed by atoms with Crippen molar-refractivity contribution in [2.24, 2.45) is 0 Å². The quantitative estimate of drug-likeness (QED) is 0.293. The first kappa shape index (κ1) is 28.2. The molecule has 0 bridgehead atoms. The molecule has 1 fully saturated rings. The van der Waals surface area contributed by atoms with Crippen LogP contribution in [0.4, 0.5) is 10.5 Å². The summed E-state index contributed by atoms with van der Waals surface area (Å²) in [6.45, 7) is 9.50. The third kappa shape index (κ3) is 6.99. The van der Waals surface area contributed by atoms with Crippen LogP contribution in [0.25, 0.3) is 0 Å². The van der Waals surface area contributed by atoms with Crippen LogP contribution in [0.3, 0.4) is 0 Å². The van der Waals surface area contributed by atoms with Gasteiger partial charge in [-0.2, -0.15) is 0 Å². The van der Waals surface area contributed by atoms with Crippen molar-refractivity contribution >= 4 is 23.3 Å². The van der Waals surface area contributed by atoms with E-state index < -0.39 is 0 Å². The van der Waals surface area contributed by atoms with E-state index in [1.54, 1.807) is 0 Å². The lowest BCUT2D eigenvalue weighted by atomic mass is 9.81. The number of halogens is 1. The highest BCUT2D eigenvalue weighted by Gasteiger charge is 2.30. The molecular weight excluding hydrogens is 488 g/mol. The molecule has 1 aliphatic rings. The van der Waals surface area contributed by atoms with E-state index in [9.17, 15) is 4.79 Å². The molecule has 3 aromatic rings. The number of benzene rings is 3. The van der Waals surface area contributed by atoms with Gasteiger partial charge in [-0.25, -0.2) is 4.79 Å². The first-order valence-electron chi connectivity index (χ1n) is 14.3. The van der Waals surface area contributed by atoms with E-state index in [2.05, 4.69) is 92.5 Å². The average Bonchev–Trinajstić information content (AvgIpc) is 2.92. The molecule has 0 heterocycles. The molecule has 0 radical (unpaired) electrons. The number of carbonyl (C=O) groups is 1. The number of anilines is 1. The normalized spacial score (nSPS) is 17.6. The number of urea groups is 1. The molecule has 1 aliphatic carbocycles. The van der Waals surface area contributed by atoms with Crippen LogP contribution in [0.5, 0.6) is 0 Å². The Morgan fingerprint density at radius 2 is 1.45 bits per heavy atom. The number of rotatable bonds is 9. The van der Waals surface area contributed by atoms with Crippen molar-refractivity contribution in [3.63, 3.8) is 0 Å². The van der Waals surface area contributed by atoms with Gasteiger partial charge >= 0.3 is 6.03 Å². The van der Waals surface area contributed by atoms with E-state index in [-0.39, 0.29) is 12.1 Å². The van der Waals surface area contributed by atoms with Crippen LogP contribution in [0, 0.1) is 0 Å². The second-order valence-corrected chi connectivity index (χ2v) is 11.8. The van der Waals surface area contributed by atoms with Crippen LogP contribution in [-0.2, 0) is 6.42 Å². The first-order chi connectivity index (χ1) is 18.3. The fraction of sp³-hybridized carbons (Fsp3) is 0.441. The molecule has 3 nitrogen and oxygen atoms in total. The Labute approximate surface area is 234 Å². The van der Waals surface area contributed by atoms with Crippen molar-refractivity contribution in [2.45, 2.75) is 90.0 Å². The highest BCUT2D eigenvalue weighted by atomic mass is 35.5. The predicted molar refractivity (Wildman–Crippen MR) is 162 cm³/mol. The molecule has 4 heteroatoms. The molecule has 0 aliphatic heterocycles. The summed E-state index contributed by atoms with van der Waals surface area (Å²) >= 11 is 6.43. The third-order valence-corrected chi connectivity index (χ3v) is 8.45. The number of amides is 2. The van der Waals surface area contributed by atoms with Crippen molar-refractivity contribution < 1.29 is 4.79 Å². The Morgan fingerprint density at radius 3 is 2.05 bits per heavy atom. The van der Waals surface area contributed by atoms with Crippen LogP contribution in [-0.4, -0.2) is 23.5 Å². The van der Waals surface area contributed by atoms with Crippen molar-refractivity contribution in [3.05, 3.63) is 100 Å². The minimum Gasteiger partial charge on any atom is -0.322 e. The monoisotopic (exact) mass is 530 g/mol. The van der Waals surface area contributed by atoms with Crippen LogP contribution in [0.2, 0.25) is 5.02 Å². The summed E-state index contributed by atoms with van der Waals surface area (Å²) in [6.07, 6.45) is 6.04. The summed E-state index contributed by atoms with van der Waals surface area (Å²) in [5.74, 6) is 1.24. The molecule has 1 saturated carbocycles. The number of hydrogen-bond donors (Lipinski definition) is 1. The lowest BCUT2D eigenvalue weighted by Gasteiger charge is -2.37. The van der Waals surface area contributed by atoms with E-state index in [1.807, 2.05) is 18.2 Å². The van der Waals surface area contributed by atoms with Gasteiger partial charge in [-0.3, -0.25) is 0 Å². The molecular formula is C34H43ClN2O. The van der Waals surface area contributed by atoms with E-state index in [4.69, 9.17) is 11.6 Å². The summed E-state index contributed by atoms with van der Waals surface area (Å²) in [6, 6.07) is 25.6. The molecule has 0 unspecified atom stereocenters. The van der Waals surface area contributed by atoms with Gasteiger partial charge in [0.1, 0.15) is 0 Å².